The van der Waals surface area contributed by atoms with Crippen molar-refractivity contribution in [3.05, 3.63) is 18.5 Å². The highest BCUT2D eigenvalue weighted by Crippen LogP contribution is 2.28. The Labute approximate surface area is 119 Å². The van der Waals surface area contributed by atoms with Gasteiger partial charge in [-0.05, 0) is 18.9 Å². The zero-order valence-corrected chi connectivity index (χ0v) is 11.8. The summed E-state index contributed by atoms with van der Waals surface area (Å²) >= 11 is 0. The lowest BCUT2D eigenvalue weighted by Gasteiger charge is -2.28. The normalized spacial score (nSPS) is 16.5. The van der Waals surface area contributed by atoms with E-state index >= 15 is 0 Å². The van der Waals surface area contributed by atoms with Gasteiger partial charge in [-0.3, -0.25) is 9.48 Å². The molecule has 0 unspecified atom stereocenters. The number of carbonyl (C=O) groups is 1. The van der Waals surface area contributed by atoms with Gasteiger partial charge in [0, 0.05) is 18.9 Å². The maximum Gasteiger partial charge on any atom is 0.242 e. The number of rotatable bonds is 4. The van der Waals surface area contributed by atoms with Crippen molar-refractivity contribution in [2.45, 2.75) is 37.8 Å². The van der Waals surface area contributed by atoms with Gasteiger partial charge in [0.05, 0.1) is 5.54 Å². The summed E-state index contributed by atoms with van der Waals surface area (Å²) in [6.45, 7) is 0.798. The van der Waals surface area contributed by atoms with E-state index in [-0.39, 0.29) is 42.8 Å². The second kappa shape index (κ2) is 7.61. The molecule has 0 bridgehead atoms. The summed E-state index contributed by atoms with van der Waals surface area (Å²) in [6.07, 6.45) is 7.74. The van der Waals surface area contributed by atoms with Crippen molar-refractivity contribution < 1.29 is 4.79 Å². The molecule has 0 aromatic carbocycles. The van der Waals surface area contributed by atoms with Crippen LogP contribution in [0.2, 0.25) is 0 Å². The van der Waals surface area contributed by atoms with E-state index in [0.717, 1.165) is 25.7 Å². The molecule has 7 heteroatoms. The fourth-order valence-corrected chi connectivity index (χ4v) is 2.31. The Morgan fingerprint density at radius 3 is 2.56 bits per heavy atom. The Morgan fingerprint density at radius 1 is 1.39 bits per heavy atom. The average Bonchev–Trinajstić information content (AvgIpc) is 2.90. The summed E-state index contributed by atoms with van der Waals surface area (Å²) in [5.41, 5.74) is 5.59. The molecule has 1 amide bonds. The molecule has 2 rings (SSSR count). The second-order valence-electron chi connectivity index (χ2n) is 4.44. The number of nitrogens with one attached hydrogen (secondary N) is 1. The Morgan fingerprint density at radius 2 is 2.06 bits per heavy atom. The number of aromatic nitrogens is 2. The monoisotopic (exact) mass is 294 g/mol. The maximum atomic E-state index is 11.8. The molecule has 1 aromatic heterocycles. The molecule has 1 aromatic rings. The first kappa shape index (κ1) is 17.2. The van der Waals surface area contributed by atoms with E-state index in [4.69, 9.17) is 5.73 Å². The van der Waals surface area contributed by atoms with Crippen LogP contribution in [0.25, 0.3) is 0 Å². The van der Waals surface area contributed by atoms with Crippen molar-refractivity contribution in [1.82, 2.24) is 15.1 Å². The fraction of sp³-hybridized carbons (Fsp3) is 0.636. The van der Waals surface area contributed by atoms with Crippen molar-refractivity contribution in [1.29, 1.82) is 0 Å². The molecule has 0 atom stereocenters. The van der Waals surface area contributed by atoms with E-state index in [2.05, 4.69) is 10.4 Å². The molecule has 1 aliphatic carbocycles. The molecule has 5 nitrogen and oxygen atoms in total. The predicted octanol–water partition coefficient (Wildman–Crippen LogP) is 1.11. The van der Waals surface area contributed by atoms with Crippen LogP contribution in [0.5, 0.6) is 0 Å². The third-order valence-electron chi connectivity index (χ3n) is 3.22. The lowest BCUT2D eigenvalue weighted by Crippen LogP contribution is -2.52. The Balaban J connectivity index is 0.00000144. The number of hydrogen-bond donors (Lipinski definition) is 2. The number of nitrogens with two attached hydrogens (primary N) is 1. The predicted molar refractivity (Wildman–Crippen MR) is 75.1 cm³/mol. The summed E-state index contributed by atoms with van der Waals surface area (Å²) in [5, 5.41) is 7.06. The van der Waals surface area contributed by atoms with Crippen LogP contribution >= 0.6 is 24.8 Å². The van der Waals surface area contributed by atoms with Gasteiger partial charge in [-0.2, -0.15) is 5.10 Å². The van der Waals surface area contributed by atoms with Crippen LogP contribution in [0.15, 0.2) is 18.5 Å². The van der Waals surface area contributed by atoms with Crippen LogP contribution in [-0.2, 0) is 11.3 Å². The molecule has 3 N–H and O–H groups in total. The van der Waals surface area contributed by atoms with Gasteiger partial charge in [-0.1, -0.05) is 12.8 Å². The minimum atomic E-state index is -0.162. The van der Waals surface area contributed by atoms with Crippen LogP contribution < -0.4 is 11.1 Å². The summed E-state index contributed by atoms with van der Waals surface area (Å²) < 4.78 is 1.62. The first-order valence-corrected chi connectivity index (χ1v) is 5.73. The minimum absolute atomic E-state index is 0. The number of amides is 1. The SMILES string of the molecule is Cl.Cl.NCC1(NC(=O)Cn2cccn2)CCCC1. The number of carbonyl (C=O) groups excluding carboxylic acids is 1. The van der Waals surface area contributed by atoms with Gasteiger partial charge in [-0.15, -0.1) is 24.8 Å². The lowest BCUT2D eigenvalue weighted by atomic mass is 9.98. The van der Waals surface area contributed by atoms with E-state index < -0.39 is 0 Å². The first-order chi connectivity index (χ1) is 7.74. The van der Waals surface area contributed by atoms with E-state index in [1.54, 1.807) is 17.1 Å². The zero-order valence-electron chi connectivity index (χ0n) is 10.2. The molecule has 0 saturated heterocycles. The molecule has 18 heavy (non-hydrogen) atoms. The topological polar surface area (TPSA) is 72.9 Å². The third kappa shape index (κ3) is 4.15. The van der Waals surface area contributed by atoms with Gasteiger partial charge < -0.3 is 11.1 Å². The molecule has 1 saturated carbocycles. The van der Waals surface area contributed by atoms with Gasteiger partial charge in [0.15, 0.2) is 0 Å². The van der Waals surface area contributed by atoms with E-state index in [1.807, 2.05) is 6.07 Å². The Kier molecular flexibility index (Phi) is 7.28. The highest BCUT2D eigenvalue weighted by atomic mass is 35.5. The van der Waals surface area contributed by atoms with Gasteiger partial charge in [-0.25, -0.2) is 0 Å². The molecular formula is C11H20Cl2N4O. The second-order valence-corrected chi connectivity index (χ2v) is 4.44. The van der Waals surface area contributed by atoms with Gasteiger partial charge in [0.2, 0.25) is 5.91 Å². The quantitative estimate of drug-likeness (QED) is 0.874. The molecule has 1 heterocycles. The first-order valence-electron chi connectivity index (χ1n) is 5.73. The van der Waals surface area contributed by atoms with E-state index in [9.17, 15) is 4.79 Å². The number of hydrogen-bond acceptors (Lipinski definition) is 3. The summed E-state index contributed by atoms with van der Waals surface area (Å²) in [6, 6.07) is 1.81. The van der Waals surface area contributed by atoms with Gasteiger partial charge in [0.25, 0.3) is 0 Å². The van der Waals surface area contributed by atoms with Crippen molar-refractivity contribution in [2.24, 2.45) is 5.73 Å². The summed E-state index contributed by atoms with van der Waals surface area (Å²) in [5.74, 6) is -0.00366. The van der Waals surface area contributed by atoms with E-state index in [1.165, 1.54) is 0 Å². The van der Waals surface area contributed by atoms with Crippen LogP contribution in [0.4, 0.5) is 0 Å². The van der Waals surface area contributed by atoms with Crippen LogP contribution in [0, 0.1) is 0 Å². The minimum Gasteiger partial charge on any atom is -0.348 e. The Bertz CT molecular complexity index is 350. The summed E-state index contributed by atoms with van der Waals surface area (Å²) in [4.78, 5) is 11.8. The van der Waals surface area contributed by atoms with Crippen molar-refractivity contribution in [2.75, 3.05) is 6.54 Å². The van der Waals surface area contributed by atoms with Gasteiger partial charge >= 0.3 is 0 Å². The number of nitrogens with zero attached hydrogens (tertiary/aromatic N) is 2. The highest BCUT2D eigenvalue weighted by molar-refractivity contribution is 5.85. The van der Waals surface area contributed by atoms with Crippen LogP contribution in [-0.4, -0.2) is 27.8 Å². The smallest absolute Gasteiger partial charge is 0.242 e. The standard InChI is InChI=1S/C11H18N4O.2ClH/c12-9-11(4-1-2-5-11)14-10(16)8-15-7-3-6-13-15;;/h3,6-7H,1-2,4-5,8-9,12H2,(H,14,16);2*1H. The maximum absolute atomic E-state index is 11.8. The fourth-order valence-electron chi connectivity index (χ4n) is 2.31. The van der Waals surface area contributed by atoms with Crippen LogP contribution in [0.3, 0.4) is 0 Å². The average molecular weight is 295 g/mol. The highest BCUT2D eigenvalue weighted by Gasteiger charge is 2.33. The molecule has 0 radical (unpaired) electrons. The van der Waals surface area contributed by atoms with Crippen molar-refractivity contribution in [3.63, 3.8) is 0 Å². The van der Waals surface area contributed by atoms with Crippen molar-refractivity contribution >= 4 is 30.7 Å². The molecule has 1 fully saturated rings. The summed E-state index contributed by atoms with van der Waals surface area (Å²) in [7, 11) is 0. The third-order valence-corrected chi connectivity index (χ3v) is 3.22. The lowest BCUT2D eigenvalue weighted by molar-refractivity contribution is -0.123. The molecule has 0 aliphatic heterocycles. The van der Waals surface area contributed by atoms with E-state index in [0.29, 0.717) is 6.54 Å². The van der Waals surface area contributed by atoms with Crippen LogP contribution in [0.1, 0.15) is 25.7 Å². The molecular weight excluding hydrogens is 275 g/mol. The zero-order chi connectivity index (χ0) is 11.4. The molecule has 104 valence electrons. The van der Waals surface area contributed by atoms with Gasteiger partial charge in [0.1, 0.15) is 6.54 Å². The largest absolute Gasteiger partial charge is 0.348 e. The van der Waals surface area contributed by atoms with Crippen molar-refractivity contribution in [3.8, 4) is 0 Å². The number of halogens is 2. The Hall–Kier alpha value is -0.780. The molecule has 1 aliphatic rings. The molecule has 0 spiro atoms.